The van der Waals surface area contributed by atoms with E-state index in [4.69, 9.17) is 0 Å². The van der Waals surface area contributed by atoms with E-state index in [-0.39, 0.29) is 11.4 Å². The zero-order valence-corrected chi connectivity index (χ0v) is 11.6. The highest BCUT2D eigenvalue weighted by Gasteiger charge is 2.10. The predicted molar refractivity (Wildman–Crippen MR) is 77.2 cm³/mol. The summed E-state index contributed by atoms with van der Waals surface area (Å²) in [7, 11) is 1.79. The van der Waals surface area contributed by atoms with Gasteiger partial charge in [-0.15, -0.1) is 0 Å². The molecule has 3 aromatic rings. The third kappa shape index (κ3) is 2.60. The summed E-state index contributed by atoms with van der Waals surface area (Å²) in [5.74, 6) is -0.0246. The van der Waals surface area contributed by atoms with Gasteiger partial charge in [0, 0.05) is 30.4 Å². The average molecular weight is 284 g/mol. The molecule has 0 fully saturated rings. The van der Waals surface area contributed by atoms with Crippen molar-refractivity contribution < 1.29 is 4.39 Å². The van der Waals surface area contributed by atoms with Gasteiger partial charge in [0.1, 0.15) is 11.6 Å². The Labute approximate surface area is 120 Å². The average Bonchev–Trinajstić information content (AvgIpc) is 2.87. The smallest absolute Gasteiger partial charge is 0.251 e. The predicted octanol–water partition coefficient (Wildman–Crippen LogP) is 2.28. The SMILES string of the molecule is Cc1ccc(F)cc1-c1nc(-c2cnn(C)c2)cc(=O)[nH]1. The van der Waals surface area contributed by atoms with E-state index < -0.39 is 0 Å². The van der Waals surface area contributed by atoms with Crippen LogP contribution >= 0.6 is 0 Å². The summed E-state index contributed by atoms with van der Waals surface area (Å²) in [5, 5.41) is 4.06. The van der Waals surface area contributed by atoms with Crippen LogP contribution in [0.2, 0.25) is 0 Å². The van der Waals surface area contributed by atoms with Crippen LogP contribution in [0.4, 0.5) is 4.39 Å². The minimum atomic E-state index is -0.370. The number of aryl methyl sites for hydroxylation is 2. The third-order valence-electron chi connectivity index (χ3n) is 3.20. The first-order chi connectivity index (χ1) is 10.0. The molecule has 0 aliphatic carbocycles. The van der Waals surface area contributed by atoms with E-state index in [1.165, 1.54) is 18.2 Å². The molecule has 6 heteroatoms. The van der Waals surface area contributed by atoms with Crippen molar-refractivity contribution in [3.05, 3.63) is 58.4 Å². The second-order valence-corrected chi connectivity index (χ2v) is 4.84. The van der Waals surface area contributed by atoms with E-state index in [0.717, 1.165) is 11.1 Å². The Morgan fingerprint density at radius 2 is 2.10 bits per heavy atom. The van der Waals surface area contributed by atoms with Gasteiger partial charge in [0.2, 0.25) is 0 Å². The number of hydrogen-bond acceptors (Lipinski definition) is 3. The maximum Gasteiger partial charge on any atom is 0.251 e. The fraction of sp³-hybridized carbons (Fsp3) is 0.133. The highest BCUT2D eigenvalue weighted by Crippen LogP contribution is 2.22. The Morgan fingerprint density at radius 1 is 1.29 bits per heavy atom. The maximum absolute atomic E-state index is 13.4. The molecule has 0 unspecified atom stereocenters. The second kappa shape index (κ2) is 4.97. The number of nitrogens with one attached hydrogen (secondary N) is 1. The summed E-state index contributed by atoms with van der Waals surface area (Å²) in [6, 6.07) is 5.79. The Hall–Kier alpha value is -2.76. The molecule has 106 valence electrons. The molecule has 0 bridgehead atoms. The van der Waals surface area contributed by atoms with Crippen LogP contribution in [0.1, 0.15) is 5.56 Å². The lowest BCUT2D eigenvalue weighted by atomic mass is 10.1. The lowest BCUT2D eigenvalue weighted by Crippen LogP contribution is -2.09. The van der Waals surface area contributed by atoms with Gasteiger partial charge >= 0.3 is 0 Å². The molecule has 3 rings (SSSR count). The lowest BCUT2D eigenvalue weighted by Gasteiger charge is -2.06. The monoisotopic (exact) mass is 284 g/mol. The number of benzene rings is 1. The molecular formula is C15H13FN4O. The van der Waals surface area contributed by atoms with Crippen molar-refractivity contribution in [2.45, 2.75) is 6.92 Å². The van der Waals surface area contributed by atoms with Gasteiger partial charge in [-0.05, 0) is 24.6 Å². The molecular weight excluding hydrogens is 271 g/mol. The molecule has 0 radical (unpaired) electrons. The number of halogens is 1. The summed E-state index contributed by atoms with van der Waals surface area (Å²) in [6.45, 7) is 1.84. The summed E-state index contributed by atoms with van der Waals surface area (Å²) < 4.78 is 15.1. The third-order valence-corrected chi connectivity index (χ3v) is 3.20. The normalized spacial score (nSPS) is 10.8. The lowest BCUT2D eigenvalue weighted by molar-refractivity contribution is 0.627. The van der Waals surface area contributed by atoms with Gasteiger partial charge in [-0.3, -0.25) is 9.48 Å². The molecule has 2 aromatic heterocycles. The van der Waals surface area contributed by atoms with Crippen molar-refractivity contribution in [2.75, 3.05) is 0 Å². The van der Waals surface area contributed by atoms with Gasteiger partial charge in [-0.25, -0.2) is 9.37 Å². The van der Waals surface area contributed by atoms with E-state index in [0.29, 0.717) is 17.1 Å². The van der Waals surface area contributed by atoms with Crippen LogP contribution in [-0.4, -0.2) is 19.7 Å². The summed E-state index contributed by atoms with van der Waals surface area (Å²) in [6.07, 6.45) is 3.40. The zero-order valence-electron chi connectivity index (χ0n) is 11.6. The summed E-state index contributed by atoms with van der Waals surface area (Å²) >= 11 is 0. The Bertz CT molecular complexity index is 866. The molecule has 1 aromatic carbocycles. The topological polar surface area (TPSA) is 63.6 Å². The van der Waals surface area contributed by atoms with E-state index in [1.807, 2.05) is 6.92 Å². The van der Waals surface area contributed by atoms with Crippen molar-refractivity contribution in [3.63, 3.8) is 0 Å². The number of rotatable bonds is 2. The van der Waals surface area contributed by atoms with Crippen LogP contribution in [0.5, 0.6) is 0 Å². The second-order valence-electron chi connectivity index (χ2n) is 4.84. The van der Waals surface area contributed by atoms with E-state index in [2.05, 4.69) is 15.1 Å². The summed E-state index contributed by atoms with van der Waals surface area (Å²) in [4.78, 5) is 18.9. The van der Waals surface area contributed by atoms with Gasteiger partial charge in [-0.2, -0.15) is 5.10 Å². The fourth-order valence-electron chi connectivity index (χ4n) is 2.14. The van der Waals surface area contributed by atoms with Crippen LogP contribution in [0.25, 0.3) is 22.6 Å². The molecule has 21 heavy (non-hydrogen) atoms. The minimum absolute atomic E-state index is 0.289. The molecule has 1 N–H and O–H groups in total. The van der Waals surface area contributed by atoms with Crippen LogP contribution in [0.3, 0.4) is 0 Å². The minimum Gasteiger partial charge on any atom is -0.306 e. The Kier molecular flexibility index (Phi) is 3.13. The van der Waals surface area contributed by atoms with Gasteiger partial charge < -0.3 is 4.98 Å². The van der Waals surface area contributed by atoms with Crippen molar-refractivity contribution in [1.29, 1.82) is 0 Å². The molecule has 0 aliphatic heterocycles. The van der Waals surface area contributed by atoms with Gasteiger partial charge in [0.25, 0.3) is 5.56 Å². The van der Waals surface area contributed by atoms with Gasteiger partial charge in [-0.1, -0.05) is 6.07 Å². The van der Waals surface area contributed by atoms with Crippen molar-refractivity contribution in [1.82, 2.24) is 19.7 Å². The van der Waals surface area contributed by atoms with Crippen LogP contribution in [0, 0.1) is 12.7 Å². The van der Waals surface area contributed by atoms with Crippen molar-refractivity contribution in [3.8, 4) is 22.6 Å². The van der Waals surface area contributed by atoms with Gasteiger partial charge in [0.05, 0.1) is 11.9 Å². The Balaban J connectivity index is 2.18. The summed E-state index contributed by atoms with van der Waals surface area (Å²) in [5.41, 5.74) is 2.35. The quantitative estimate of drug-likeness (QED) is 0.785. The fourth-order valence-corrected chi connectivity index (χ4v) is 2.14. The first kappa shape index (κ1) is 13.2. The number of aromatic nitrogens is 4. The largest absolute Gasteiger partial charge is 0.306 e. The van der Waals surface area contributed by atoms with Crippen LogP contribution < -0.4 is 5.56 Å². The molecule has 2 heterocycles. The number of aromatic amines is 1. The molecule has 0 saturated carbocycles. The highest BCUT2D eigenvalue weighted by atomic mass is 19.1. The standard InChI is InChI=1S/C15H13FN4O/c1-9-3-4-11(16)5-12(9)15-18-13(6-14(21)19-15)10-7-17-20(2)8-10/h3-8H,1-2H3,(H,18,19,21). The molecule has 0 atom stereocenters. The maximum atomic E-state index is 13.4. The molecule has 0 amide bonds. The van der Waals surface area contributed by atoms with Crippen molar-refractivity contribution in [2.24, 2.45) is 7.05 Å². The van der Waals surface area contributed by atoms with Crippen LogP contribution in [0.15, 0.2) is 41.5 Å². The number of hydrogen-bond donors (Lipinski definition) is 1. The first-order valence-electron chi connectivity index (χ1n) is 6.40. The van der Waals surface area contributed by atoms with E-state index in [9.17, 15) is 9.18 Å². The Morgan fingerprint density at radius 3 is 2.81 bits per heavy atom. The zero-order chi connectivity index (χ0) is 15.0. The molecule has 0 spiro atoms. The number of nitrogens with zero attached hydrogens (tertiary/aromatic N) is 3. The van der Waals surface area contributed by atoms with Crippen LogP contribution in [-0.2, 0) is 7.05 Å². The van der Waals surface area contributed by atoms with E-state index >= 15 is 0 Å². The molecule has 0 saturated heterocycles. The highest BCUT2D eigenvalue weighted by molar-refractivity contribution is 5.64. The molecule has 5 nitrogen and oxygen atoms in total. The van der Waals surface area contributed by atoms with E-state index in [1.54, 1.807) is 30.2 Å². The number of H-pyrrole nitrogens is 1. The molecule has 0 aliphatic rings. The first-order valence-corrected chi connectivity index (χ1v) is 6.40. The van der Waals surface area contributed by atoms with Crippen molar-refractivity contribution >= 4 is 0 Å². The van der Waals surface area contributed by atoms with Gasteiger partial charge in [0.15, 0.2) is 0 Å².